The third-order valence-electron chi connectivity index (χ3n) is 8.35. The minimum absolute atomic E-state index is 0.00347. The molecule has 7 atom stereocenters. The molecule has 4 aliphatic rings. The molecule has 5 rings (SSSR count). The summed E-state index contributed by atoms with van der Waals surface area (Å²) in [6.45, 7) is 4.92. The Bertz CT molecular complexity index is 904. The summed E-state index contributed by atoms with van der Waals surface area (Å²) >= 11 is 0. The smallest absolute Gasteiger partial charge is 0.311 e. The van der Waals surface area contributed by atoms with Crippen molar-refractivity contribution in [3.05, 3.63) is 23.8 Å². The van der Waals surface area contributed by atoms with E-state index in [0.717, 1.165) is 24.9 Å². The van der Waals surface area contributed by atoms with Gasteiger partial charge in [0.15, 0.2) is 0 Å². The quantitative estimate of drug-likeness (QED) is 0.708. The Hall–Kier alpha value is -2.12. The molecule has 3 fully saturated rings. The van der Waals surface area contributed by atoms with Crippen molar-refractivity contribution < 1.29 is 24.2 Å². The second-order valence-electron chi connectivity index (χ2n) is 9.44. The number of anilines is 1. The largest absolute Gasteiger partial charge is 0.506 e. The van der Waals surface area contributed by atoms with Gasteiger partial charge in [0, 0.05) is 24.3 Å². The number of carbonyl (C=O) groups excluding carboxylic acids is 2. The minimum Gasteiger partial charge on any atom is -0.506 e. The van der Waals surface area contributed by atoms with Crippen LogP contribution < -0.4 is 4.90 Å². The van der Waals surface area contributed by atoms with Crippen molar-refractivity contribution >= 4 is 17.6 Å². The van der Waals surface area contributed by atoms with Crippen LogP contribution in [0.1, 0.15) is 32.3 Å². The number of ether oxygens (including phenoxy) is 2. The van der Waals surface area contributed by atoms with E-state index in [1.54, 1.807) is 17.9 Å². The average molecular weight is 415 g/mol. The Morgan fingerprint density at radius 2 is 2.07 bits per heavy atom. The molecule has 3 heterocycles. The third kappa shape index (κ3) is 2.33. The maximum absolute atomic E-state index is 13.0. The van der Waals surface area contributed by atoms with Crippen LogP contribution in [0.4, 0.5) is 5.69 Å². The van der Waals surface area contributed by atoms with Crippen LogP contribution in [0.2, 0.25) is 0 Å². The van der Waals surface area contributed by atoms with Gasteiger partial charge in [-0.2, -0.15) is 0 Å². The molecule has 1 saturated carbocycles. The Balaban J connectivity index is 1.71. The summed E-state index contributed by atoms with van der Waals surface area (Å²) in [4.78, 5) is 29.9. The summed E-state index contributed by atoms with van der Waals surface area (Å²) in [5.41, 5.74) is 1.44. The minimum atomic E-state index is -0.355. The predicted molar refractivity (Wildman–Crippen MR) is 110 cm³/mol. The van der Waals surface area contributed by atoms with E-state index in [-0.39, 0.29) is 59.0 Å². The maximum Gasteiger partial charge on any atom is 0.311 e. The maximum atomic E-state index is 13.0. The van der Waals surface area contributed by atoms with Gasteiger partial charge in [0.05, 0.1) is 37.5 Å². The first-order chi connectivity index (χ1) is 14.3. The van der Waals surface area contributed by atoms with E-state index < -0.39 is 0 Å². The fraction of sp³-hybridized carbons (Fsp3) is 0.652. The normalized spacial score (nSPS) is 39.7. The highest BCUT2D eigenvalue weighted by atomic mass is 16.5. The number of methoxy groups -OCH3 is 1. The summed E-state index contributed by atoms with van der Waals surface area (Å²) in [6.07, 6.45) is 1.55. The molecule has 3 aliphatic heterocycles. The van der Waals surface area contributed by atoms with Crippen LogP contribution in [0.15, 0.2) is 18.2 Å². The number of likely N-dealkylation sites (N-methyl/N-ethyl adjacent to an activating group) is 1. The van der Waals surface area contributed by atoms with Gasteiger partial charge >= 0.3 is 5.97 Å². The van der Waals surface area contributed by atoms with Crippen molar-refractivity contribution in [1.82, 2.24) is 4.90 Å². The van der Waals surface area contributed by atoms with Crippen molar-refractivity contribution in [3.8, 4) is 5.75 Å². The topological polar surface area (TPSA) is 79.3 Å². The fourth-order valence-electron chi connectivity index (χ4n) is 7.25. The Morgan fingerprint density at radius 3 is 2.77 bits per heavy atom. The molecule has 7 heteroatoms. The Labute approximate surface area is 176 Å². The van der Waals surface area contributed by atoms with Crippen LogP contribution in [-0.4, -0.2) is 67.4 Å². The molecule has 0 bridgehead atoms. The molecule has 1 aliphatic carbocycles. The highest BCUT2D eigenvalue weighted by Crippen LogP contribution is 2.63. The zero-order chi connectivity index (χ0) is 21.4. The number of phenols is 1. The number of hydrogen-bond acceptors (Lipinski definition) is 6. The van der Waals surface area contributed by atoms with Crippen LogP contribution in [0, 0.1) is 17.8 Å². The summed E-state index contributed by atoms with van der Waals surface area (Å²) in [7, 11) is 3.56. The Kier molecular flexibility index (Phi) is 4.42. The summed E-state index contributed by atoms with van der Waals surface area (Å²) in [5, 5.41) is 10.8. The molecule has 1 aromatic rings. The SMILES string of the molecule is COC(=O)[C@@H]1[C@@H]2C[C@@H]3N(C)CC[C@@]34c3cccc(O)c3N(C(C)=O)[C@H]4[C@@H]2CO[C@@H]1C. The first kappa shape index (κ1) is 19.8. The molecule has 1 amide bonds. The predicted octanol–water partition coefficient (Wildman–Crippen LogP) is 1.91. The highest BCUT2D eigenvalue weighted by molar-refractivity contribution is 5.98. The lowest BCUT2D eigenvalue weighted by Gasteiger charge is -2.56. The zero-order valence-corrected chi connectivity index (χ0v) is 18.0. The van der Waals surface area contributed by atoms with Gasteiger partial charge in [0.25, 0.3) is 0 Å². The lowest BCUT2D eigenvalue weighted by atomic mass is 9.55. The first-order valence-corrected chi connectivity index (χ1v) is 10.8. The van der Waals surface area contributed by atoms with E-state index in [4.69, 9.17) is 9.47 Å². The fourth-order valence-corrected chi connectivity index (χ4v) is 7.25. The molecule has 30 heavy (non-hydrogen) atoms. The standard InChI is InChI=1S/C23H30N2O5/c1-12-19(22(28)29-4)14-10-18-23(8-9-24(18)3)16-6-5-7-17(27)20(16)25(13(2)26)21(23)15(14)11-30-12/h5-7,12,14-15,18-19,21,27H,8-11H2,1-4H3/t12-,14-,15-,18+,19+,21+,23-/m1/s1. The van der Waals surface area contributed by atoms with E-state index >= 15 is 0 Å². The molecular weight excluding hydrogens is 384 g/mol. The molecule has 162 valence electrons. The number of nitrogens with zero attached hydrogens (tertiary/aromatic N) is 2. The molecular formula is C23H30N2O5. The van der Waals surface area contributed by atoms with Crippen LogP contribution in [0.25, 0.3) is 0 Å². The van der Waals surface area contributed by atoms with Crippen LogP contribution in [0.5, 0.6) is 5.75 Å². The van der Waals surface area contributed by atoms with E-state index in [2.05, 4.69) is 18.0 Å². The number of phenolic OH excluding ortho intramolecular Hbond substituents is 1. The van der Waals surface area contributed by atoms with Crippen molar-refractivity contribution in [2.75, 3.05) is 32.2 Å². The average Bonchev–Trinajstić information content (AvgIpc) is 3.21. The first-order valence-electron chi connectivity index (χ1n) is 10.8. The van der Waals surface area contributed by atoms with Gasteiger partial charge in [-0.05, 0) is 50.9 Å². The lowest BCUT2D eigenvalue weighted by Crippen LogP contribution is -2.66. The number of amides is 1. The summed E-state index contributed by atoms with van der Waals surface area (Å²) in [6, 6.07) is 5.64. The van der Waals surface area contributed by atoms with Crippen molar-refractivity contribution in [3.63, 3.8) is 0 Å². The van der Waals surface area contributed by atoms with Gasteiger partial charge in [-0.25, -0.2) is 0 Å². The molecule has 0 unspecified atom stereocenters. The molecule has 1 spiro atoms. The molecule has 1 aromatic carbocycles. The van der Waals surface area contributed by atoms with Gasteiger partial charge < -0.3 is 24.4 Å². The molecule has 2 saturated heterocycles. The number of carbonyl (C=O) groups is 2. The third-order valence-corrected chi connectivity index (χ3v) is 8.35. The van der Waals surface area contributed by atoms with Crippen molar-refractivity contribution in [1.29, 1.82) is 0 Å². The number of esters is 1. The van der Waals surface area contributed by atoms with E-state index in [1.807, 2.05) is 13.0 Å². The van der Waals surface area contributed by atoms with Crippen LogP contribution >= 0.6 is 0 Å². The summed E-state index contributed by atoms with van der Waals surface area (Å²) in [5.74, 6) is -0.468. The van der Waals surface area contributed by atoms with Gasteiger partial charge in [0.1, 0.15) is 5.75 Å². The number of rotatable bonds is 1. The molecule has 0 aromatic heterocycles. The number of fused-ring (bicyclic) bond motifs is 3. The van der Waals surface area contributed by atoms with Gasteiger partial charge in [0.2, 0.25) is 5.91 Å². The van der Waals surface area contributed by atoms with Crippen molar-refractivity contribution in [2.24, 2.45) is 17.8 Å². The van der Waals surface area contributed by atoms with E-state index in [9.17, 15) is 14.7 Å². The summed E-state index contributed by atoms with van der Waals surface area (Å²) < 4.78 is 11.3. The molecule has 0 radical (unpaired) electrons. The lowest BCUT2D eigenvalue weighted by molar-refractivity contribution is -0.172. The number of aromatic hydroxyl groups is 1. The Morgan fingerprint density at radius 1 is 1.30 bits per heavy atom. The van der Waals surface area contributed by atoms with Crippen molar-refractivity contribution in [2.45, 2.75) is 50.3 Å². The monoisotopic (exact) mass is 414 g/mol. The number of likely N-dealkylation sites (tertiary alicyclic amines) is 1. The second kappa shape index (κ2) is 6.69. The van der Waals surface area contributed by atoms with Crippen LogP contribution in [0.3, 0.4) is 0 Å². The van der Waals surface area contributed by atoms with Crippen LogP contribution in [-0.2, 0) is 24.5 Å². The van der Waals surface area contributed by atoms with E-state index in [1.165, 1.54) is 7.11 Å². The van der Waals surface area contributed by atoms with E-state index in [0.29, 0.717) is 12.3 Å². The molecule has 7 nitrogen and oxygen atoms in total. The highest BCUT2D eigenvalue weighted by Gasteiger charge is 2.68. The zero-order valence-electron chi connectivity index (χ0n) is 18.0. The second-order valence-corrected chi connectivity index (χ2v) is 9.44. The number of hydrogen-bond donors (Lipinski definition) is 1. The van der Waals surface area contributed by atoms with Gasteiger partial charge in [-0.15, -0.1) is 0 Å². The van der Waals surface area contributed by atoms with Gasteiger partial charge in [-0.1, -0.05) is 12.1 Å². The molecule has 1 N–H and O–H groups in total. The number of para-hydroxylation sites is 1. The number of benzene rings is 1. The van der Waals surface area contributed by atoms with Gasteiger partial charge in [-0.3, -0.25) is 9.59 Å².